The fourth-order valence-electron chi connectivity index (χ4n) is 2.05. The van der Waals surface area contributed by atoms with Crippen LogP contribution in [0.1, 0.15) is 0 Å². The maximum atomic E-state index is 11.1. The van der Waals surface area contributed by atoms with Crippen LogP contribution in [0.25, 0.3) is 16.9 Å². The van der Waals surface area contributed by atoms with Crippen LogP contribution in [0.5, 0.6) is 0 Å². The van der Waals surface area contributed by atoms with Gasteiger partial charge in [0.2, 0.25) is 5.82 Å². The first-order valence-electron chi connectivity index (χ1n) is 5.86. The lowest BCUT2D eigenvalue weighted by atomic mass is 10.1. The molecule has 0 saturated carbocycles. The first kappa shape index (κ1) is 13.2. The number of rotatable bonds is 3. The Hall–Kier alpha value is -2.80. The molecular formula is C13H7ClN4O3. The molecule has 3 aromatic rings. The van der Waals surface area contributed by atoms with Crippen LogP contribution in [0.3, 0.4) is 0 Å². The Balaban J connectivity index is 2.27. The molecule has 2 heterocycles. The van der Waals surface area contributed by atoms with Gasteiger partial charge in [-0.2, -0.15) is 0 Å². The first-order chi connectivity index (χ1) is 10.1. The number of nitro benzene ring substituents is 1. The van der Waals surface area contributed by atoms with Gasteiger partial charge in [0.05, 0.1) is 9.95 Å². The van der Waals surface area contributed by atoms with E-state index in [1.165, 1.54) is 28.8 Å². The van der Waals surface area contributed by atoms with Gasteiger partial charge in [-0.15, -0.1) is 4.91 Å². The predicted molar refractivity (Wildman–Crippen MR) is 77.7 cm³/mol. The zero-order valence-electron chi connectivity index (χ0n) is 10.4. The molecule has 1 aromatic carbocycles. The van der Waals surface area contributed by atoms with Crippen LogP contribution in [-0.2, 0) is 0 Å². The van der Waals surface area contributed by atoms with Crippen LogP contribution >= 0.6 is 11.6 Å². The van der Waals surface area contributed by atoms with Gasteiger partial charge in [-0.05, 0) is 17.3 Å². The Bertz CT molecular complexity index is 875. The number of aromatic nitrogens is 2. The van der Waals surface area contributed by atoms with Crippen molar-refractivity contribution >= 4 is 28.8 Å². The molecule has 104 valence electrons. The van der Waals surface area contributed by atoms with Gasteiger partial charge in [-0.1, -0.05) is 23.7 Å². The van der Waals surface area contributed by atoms with Gasteiger partial charge in [0.15, 0.2) is 0 Å². The monoisotopic (exact) mass is 302 g/mol. The third-order valence-electron chi connectivity index (χ3n) is 2.97. The zero-order chi connectivity index (χ0) is 15.0. The lowest BCUT2D eigenvalue weighted by Gasteiger charge is -1.98. The molecule has 8 heteroatoms. The molecule has 21 heavy (non-hydrogen) atoms. The van der Waals surface area contributed by atoms with Crippen LogP contribution < -0.4 is 0 Å². The Morgan fingerprint density at radius 3 is 2.81 bits per heavy atom. The first-order valence-corrected chi connectivity index (χ1v) is 6.24. The minimum Gasteiger partial charge on any atom is -0.280 e. The van der Waals surface area contributed by atoms with E-state index in [-0.39, 0.29) is 17.2 Å². The van der Waals surface area contributed by atoms with Crippen molar-refractivity contribution in [1.82, 2.24) is 9.38 Å². The maximum Gasteiger partial charge on any atom is 0.270 e. The topological polar surface area (TPSA) is 89.9 Å². The van der Waals surface area contributed by atoms with Gasteiger partial charge in [0.1, 0.15) is 11.3 Å². The molecule has 0 unspecified atom stereocenters. The fourth-order valence-corrected chi connectivity index (χ4v) is 2.21. The second-order valence-electron chi connectivity index (χ2n) is 4.26. The normalized spacial score (nSPS) is 10.7. The van der Waals surface area contributed by atoms with E-state index in [0.717, 1.165) is 0 Å². The van der Waals surface area contributed by atoms with Gasteiger partial charge in [0, 0.05) is 23.9 Å². The van der Waals surface area contributed by atoms with Crippen LogP contribution in [0.2, 0.25) is 5.02 Å². The molecule has 0 aliphatic heterocycles. The second kappa shape index (κ2) is 4.95. The number of benzene rings is 1. The molecule has 0 aliphatic rings. The highest BCUT2D eigenvalue weighted by molar-refractivity contribution is 6.30. The van der Waals surface area contributed by atoms with Gasteiger partial charge in [-0.3, -0.25) is 14.5 Å². The van der Waals surface area contributed by atoms with Crippen molar-refractivity contribution < 1.29 is 4.92 Å². The molecule has 0 radical (unpaired) electrons. The van der Waals surface area contributed by atoms with Crippen molar-refractivity contribution in [3.05, 3.63) is 62.6 Å². The van der Waals surface area contributed by atoms with Crippen LogP contribution in [-0.4, -0.2) is 14.3 Å². The third-order valence-corrected chi connectivity index (χ3v) is 3.20. The van der Waals surface area contributed by atoms with E-state index in [9.17, 15) is 15.0 Å². The largest absolute Gasteiger partial charge is 0.280 e. The highest BCUT2D eigenvalue weighted by atomic mass is 35.5. The van der Waals surface area contributed by atoms with Gasteiger partial charge in [0.25, 0.3) is 5.69 Å². The summed E-state index contributed by atoms with van der Waals surface area (Å²) >= 11 is 5.89. The van der Waals surface area contributed by atoms with E-state index >= 15 is 0 Å². The van der Waals surface area contributed by atoms with Gasteiger partial charge < -0.3 is 0 Å². The standard InChI is InChI=1S/C13H7ClN4O3/c14-9-4-5-11-15-12(13(16-19)17(11)7-9)8-2-1-3-10(6-8)18(20)21/h1-7H. The Labute approximate surface area is 122 Å². The predicted octanol–water partition coefficient (Wildman–Crippen LogP) is 3.96. The van der Waals surface area contributed by atoms with Crippen molar-refractivity contribution in [3.63, 3.8) is 0 Å². The number of nitrogens with zero attached hydrogens (tertiary/aromatic N) is 4. The molecule has 0 spiro atoms. The summed E-state index contributed by atoms with van der Waals surface area (Å²) in [6.45, 7) is 0. The lowest BCUT2D eigenvalue weighted by Crippen LogP contribution is -1.88. The summed E-state index contributed by atoms with van der Waals surface area (Å²) in [6.07, 6.45) is 1.52. The summed E-state index contributed by atoms with van der Waals surface area (Å²) in [5.74, 6) is 0.0491. The molecule has 2 aromatic heterocycles. The van der Waals surface area contributed by atoms with E-state index in [1.807, 2.05) is 0 Å². The molecular weight excluding hydrogens is 296 g/mol. The average molecular weight is 303 g/mol. The lowest BCUT2D eigenvalue weighted by molar-refractivity contribution is -0.384. The molecule has 0 aliphatic carbocycles. The van der Waals surface area contributed by atoms with E-state index < -0.39 is 4.92 Å². The van der Waals surface area contributed by atoms with E-state index in [1.54, 1.807) is 18.2 Å². The van der Waals surface area contributed by atoms with Crippen LogP contribution in [0.4, 0.5) is 11.5 Å². The van der Waals surface area contributed by atoms with E-state index in [0.29, 0.717) is 16.2 Å². The SMILES string of the molecule is O=Nc1c(-c2cccc([N+](=O)[O-])c2)nc2ccc(Cl)cn12. The van der Waals surface area contributed by atoms with Crippen molar-refractivity contribution in [2.24, 2.45) is 5.18 Å². The molecule has 3 rings (SSSR count). The number of nitro groups is 1. The average Bonchev–Trinajstić information content (AvgIpc) is 2.85. The Morgan fingerprint density at radius 1 is 1.29 bits per heavy atom. The van der Waals surface area contributed by atoms with Crippen LogP contribution in [0.15, 0.2) is 47.8 Å². The molecule has 0 atom stereocenters. The molecule has 0 amide bonds. The maximum absolute atomic E-state index is 11.1. The smallest absolute Gasteiger partial charge is 0.270 e. The summed E-state index contributed by atoms with van der Waals surface area (Å²) in [7, 11) is 0. The number of hydrogen-bond donors (Lipinski definition) is 0. The van der Waals surface area contributed by atoms with Gasteiger partial charge in [-0.25, -0.2) is 4.98 Å². The minimum atomic E-state index is -0.510. The molecule has 0 fully saturated rings. The number of imidazole rings is 1. The van der Waals surface area contributed by atoms with E-state index in [4.69, 9.17) is 11.6 Å². The summed E-state index contributed by atoms with van der Waals surface area (Å²) in [4.78, 5) is 25.7. The molecule has 7 nitrogen and oxygen atoms in total. The summed E-state index contributed by atoms with van der Waals surface area (Å²) in [5, 5.41) is 14.2. The third kappa shape index (κ3) is 2.23. The van der Waals surface area contributed by atoms with Crippen molar-refractivity contribution in [1.29, 1.82) is 0 Å². The number of nitroso groups, excluding NO2 is 1. The molecule has 0 bridgehead atoms. The number of fused-ring (bicyclic) bond motifs is 1. The number of pyridine rings is 1. The summed E-state index contributed by atoms with van der Waals surface area (Å²) in [5.41, 5.74) is 1.12. The van der Waals surface area contributed by atoms with Gasteiger partial charge >= 0.3 is 0 Å². The van der Waals surface area contributed by atoms with Crippen molar-refractivity contribution in [2.75, 3.05) is 0 Å². The quantitative estimate of drug-likeness (QED) is 0.416. The van der Waals surface area contributed by atoms with Crippen molar-refractivity contribution in [3.8, 4) is 11.3 Å². The number of halogens is 1. The van der Waals surface area contributed by atoms with Crippen molar-refractivity contribution in [2.45, 2.75) is 0 Å². The van der Waals surface area contributed by atoms with E-state index in [2.05, 4.69) is 10.2 Å². The van der Waals surface area contributed by atoms with Crippen LogP contribution in [0, 0.1) is 15.0 Å². The Morgan fingerprint density at radius 2 is 2.10 bits per heavy atom. The summed E-state index contributed by atoms with van der Waals surface area (Å²) < 4.78 is 1.45. The minimum absolute atomic E-state index is 0.0491. The molecule has 0 saturated heterocycles. The number of hydrogen-bond acceptors (Lipinski definition) is 5. The highest BCUT2D eigenvalue weighted by Gasteiger charge is 2.17. The summed E-state index contributed by atoms with van der Waals surface area (Å²) in [6, 6.07) is 9.14. The second-order valence-corrected chi connectivity index (χ2v) is 4.69. The highest BCUT2D eigenvalue weighted by Crippen LogP contribution is 2.33. The molecule has 0 N–H and O–H groups in total. The zero-order valence-corrected chi connectivity index (χ0v) is 11.2. The Kier molecular flexibility index (Phi) is 3.11. The fraction of sp³-hybridized carbons (Fsp3) is 0. The number of non-ortho nitro benzene ring substituents is 1.